The van der Waals surface area contributed by atoms with E-state index in [9.17, 15) is 18.0 Å². The molecule has 5 rings (SSSR count). The number of carbonyl (C=O) groups excluding carboxylic acids is 1. The van der Waals surface area contributed by atoms with Crippen LogP contribution in [0.1, 0.15) is 16.1 Å². The van der Waals surface area contributed by atoms with Crippen LogP contribution < -0.4 is 10.5 Å². The number of nitrogens with zero attached hydrogens (tertiary/aromatic N) is 4. The number of rotatable bonds is 5. The molecule has 1 amide bonds. The van der Waals surface area contributed by atoms with E-state index in [1.165, 1.54) is 0 Å². The number of nitrogens with one attached hydrogen (secondary N) is 1. The van der Waals surface area contributed by atoms with Crippen molar-refractivity contribution in [2.24, 2.45) is 12.8 Å². The first-order valence-corrected chi connectivity index (χ1v) is 10.6. The lowest BCUT2D eigenvalue weighted by Crippen LogP contribution is -2.21. The number of alkyl halides is 3. The molecule has 0 radical (unpaired) electrons. The summed E-state index contributed by atoms with van der Waals surface area (Å²) in [5.74, 6) is -2.60. The molecule has 0 aliphatic heterocycles. The van der Waals surface area contributed by atoms with Crippen molar-refractivity contribution in [1.82, 2.24) is 24.7 Å². The number of aliphatic carboxylic acids is 1. The maximum Gasteiger partial charge on any atom is 0.490 e. The van der Waals surface area contributed by atoms with Crippen molar-refractivity contribution in [2.45, 2.75) is 12.8 Å². The van der Waals surface area contributed by atoms with Crippen LogP contribution in [0.3, 0.4) is 0 Å². The molecule has 0 spiro atoms. The van der Waals surface area contributed by atoms with Gasteiger partial charge >= 0.3 is 12.1 Å². The molecule has 37 heavy (non-hydrogen) atoms. The monoisotopic (exact) mass is 512 g/mol. The molecule has 0 fully saturated rings. The van der Waals surface area contributed by atoms with E-state index in [1.807, 2.05) is 48.1 Å². The Balaban J connectivity index is 0.000000405. The van der Waals surface area contributed by atoms with Gasteiger partial charge in [-0.3, -0.25) is 14.9 Å². The minimum Gasteiger partial charge on any atom is -0.489 e. The number of aromatic amines is 1. The minimum absolute atomic E-state index is 0.184. The van der Waals surface area contributed by atoms with Crippen molar-refractivity contribution in [3.8, 4) is 16.9 Å². The van der Waals surface area contributed by atoms with Gasteiger partial charge in [0.25, 0.3) is 5.91 Å². The average Bonchev–Trinajstić information content (AvgIpc) is 3.47. The summed E-state index contributed by atoms with van der Waals surface area (Å²) in [5, 5.41) is 15.8. The highest BCUT2D eigenvalue weighted by molar-refractivity contribution is 6.06. The minimum atomic E-state index is -5.08. The number of nitrogens with two attached hydrogens (primary N) is 1. The van der Waals surface area contributed by atoms with Crippen LogP contribution in [0.2, 0.25) is 0 Å². The van der Waals surface area contributed by atoms with Gasteiger partial charge in [0, 0.05) is 47.5 Å². The van der Waals surface area contributed by atoms with Crippen LogP contribution >= 0.6 is 0 Å². The van der Waals surface area contributed by atoms with E-state index in [2.05, 4.69) is 20.2 Å². The zero-order valence-electron chi connectivity index (χ0n) is 19.2. The van der Waals surface area contributed by atoms with Gasteiger partial charge in [0.1, 0.15) is 18.1 Å². The molecule has 4 heterocycles. The van der Waals surface area contributed by atoms with Crippen LogP contribution in [0.4, 0.5) is 13.2 Å². The largest absolute Gasteiger partial charge is 0.490 e. The Morgan fingerprint density at radius 1 is 1.11 bits per heavy atom. The topological polar surface area (TPSA) is 149 Å². The summed E-state index contributed by atoms with van der Waals surface area (Å²) >= 11 is 0. The third kappa shape index (κ3) is 5.50. The van der Waals surface area contributed by atoms with E-state index in [0.717, 1.165) is 38.7 Å². The van der Waals surface area contributed by atoms with Crippen LogP contribution in [0, 0.1) is 0 Å². The van der Waals surface area contributed by atoms with Crippen molar-refractivity contribution < 1.29 is 32.6 Å². The highest BCUT2D eigenvalue weighted by Gasteiger charge is 2.38. The normalized spacial score (nSPS) is 11.2. The summed E-state index contributed by atoms with van der Waals surface area (Å²) in [4.78, 5) is 29.0. The first kappa shape index (κ1) is 25.2. The van der Waals surface area contributed by atoms with Crippen molar-refractivity contribution in [2.75, 3.05) is 0 Å². The number of benzene rings is 1. The molecule has 0 saturated carbocycles. The number of amides is 1. The smallest absolute Gasteiger partial charge is 0.489 e. The molecule has 0 aliphatic rings. The quantitative estimate of drug-likeness (QED) is 0.324. The second kappa shape index (κ2) is 9.97. The average molecular weight is 512 g/mol. The van der Waals surface area contributed by atoms with Crippen molar-refractivity contribution >= 4 is 33.8 Å². The van der Waals surface area contributed by atoms with Gasteiger partial charge in [-0.2, -0.15) is 18.3 Å². The molecule has 13 heteroatoms. The number of carboxylic acid groups (broad SMARTS) is 1. The number of ether oxygens (including phenoxy) is 1. The molecule has 4 aromatic heterocycles. The molecule has 5 aromatic rings. The summed E-state index contributed by atoms with van der Waals surface area (Å²) < 4.78 is 39.8. The number of aromatic nitrogens is 5. The SMILES string of the molecule is Cn1cc(-c2cc(C(N)=O)nc3[nH]ncc23)c2cc(OCc3ccncc3)ccc21.O=C(O)C(F)(F)F. The number of primary amides is 1. The lowest BCUT2D eigenvalue weighted by Gasteiger charge is -2.08. The zero-order chi connectivity index (χ0) is 26.7. The highest BCUT2D eigenvalue weighted by atomic mass is 19.4. The number of carbonyl (C=O) groups is 2. The van der Waals surface area contributed by atoms with Crippen LogP contribution in [-0.4, -0.2) is 47.9 Å². The van der Waals surface area contributed by atoms with E-state index in [-0.39, 0.29) is 5.69 Å². The van der Waals surface area contributed by atoms with Gasteiger partial charge in [0.15, 0.2) is 5.65 Å². The molecule has 10 nitrogen and oxygen atoms in total. The van der Waals surface area contributed by atoms with Crippen LogP contribution in [0.25, 0.3) is 33.1 Å². The number of fused-ring (bicyclic) bond motifs is 2. The summed E-state index contributed by atoms with van der Waals surface area (Å²) in [7, 11) is 1.98. The maximum absolute atomic E-state index is 11.8. The Hall–Kier alpha value is -4.94. The maximum atomic E-state index is 11.8. The molecule has 0 saturated heterocycles. The first-order chi connectivity index (χ1) is 17.5. The molecule has 0 atom stereocenters. The summed E-state index contributed by atoms with van der Waals surface area (Å²) in [6, 6.07) is 11.5. The highest BCUT2D eigenvalue weighted by Crippen LogP contribution is 2.36. The second-order valence-corrected chi connectivity index (χ2v) is 7.83. The van der Waals surface area contributed by atoms with Crippen LogP contribution in [0.15, 0.2) is 61.2 Å². The van der Waals surface area contributed by atoms with Gasteiger partial charge in [-0.1, -0.05) is 0 Å². The third-order valence-corrected chi connectivity index (χ3v) is 5.32. The molecule has 0 aliphatic carbocycles. The van der Waals surface area contributed by atoms with E-state index >= 15 is 0 Å². The van der Waals surface area contributed by atoms with Crippen molar-refractivity contribution in [3.63, 3.8) is 0 Å². The van der Waals surface area contributed by atoms with E-state index in [0.29, 0.717) is 12.3 Å². The third-order valence-electron chi connectivity index (χ3n) is 5.32. The van der Waals surface area contributed by atoms with Crippen LogP contribution in [0.5, 0.6) is 5.75 Å². The molecule has 190 valence electrons. The lowest BCUT2D eigenvalue weighted by atomic mass is 10.0. The fourth-order valence-electron chi connectivity index (χ4n) is 3.60. The van der Waals surface area contributed by atoms with E-state index in [4.69, 9.17) is 20.4 Å². The number of hydrogen-bond acceptors (Lipinski definition) is 6. The fraction of sp³-hybridized carbons (Fsp3) is 0.125. The van der Waals surface area contributed by atoms with Gasteiger partial charge in [-0.15, -0.1) is 0 Å². The van der Waals surface area contributed by atoms with Gasteiger partial charge in [0.2, 0.25) is 0 Å². The van der Waals surface area contributed by atoms with E-state index < -0.39 is 18.1 Å². The van der Waals surface area contributed by atoms with Crippen molar-refractivity contribution in [1.29, 1.82) is 0 Å². The second-order valence-electron chi connectivity index (χ2n) is 7.83. The molecule has 0 bridgehead atoms. The Labute approximate surface area is 206 Å². The Morgan fingerprint density at radius 2 is 1.81 bits per heavy atom. The molecular weight excluding hydrogens is 493 g/mol. The molecular formula is C24H19F3N6O4. The van der Waals surface area contributed by atoms with Gasteiger partial charge in [-0.05, 0) is 47.5 Å². The predicted molar refractivity (Wildman–Crippen MR) is 127 cm³/mol. The number of halogens is 3. The standard InChI is InChI=1S/C22H18N6O2.C2HF3O2/c1-28-11-18(15-9-19(21(23)29)26-22-17(15)10-25-27-22)16-8-14(2-3-20(16)28)30-12-13-4-6-24-7-5-13;3-2(4,5)1(6)7/h2-11H,12H2,1H3,(H2,23,29)(H,25,26,27);(H,6,7). The zero-order valence-corrected chi connectivity index (χ0v) is 19.2. The summed E-state index contributed by atoms with van der Waals surface area (Å²) in [6.07, 6.45) is 2.12. The van der Waals surface area contributed by atoms with Gasteiger partial charge in [0.05, 0.1) is 6.20 Å². The number of hydrogen-bond donors (Lipinski definition) is 3. The van der Waals surface area contributed by atoms with Crippen LogP contribution in [-0.2, 0) is 18.4 Å². The number of aryl methyl sites for hydroxylation is 1. The lowest BCUT2D eigenvalue weighted by molar-refractivity contribution is -0.192. The van der Waals surface area contributed by atoms with Gasteiger partial charge in [-0.25, -0.2) is 9.78 Å². The van der Waals surface area contributed by atoms with Crippen molar-refractivity contribution in [3.05, 3.63) is 72.4 Å². The Morgan fingerprint density at radius 3 is 2.46 bits per heavy atom. The van der Waals surface area contributed by atoms with Gasteiger partial charge < -0.3 is 20.1 Å². The summed E-state index contributed by atoms with van der Waals surface area (Å²) in [5.41, 5.74) is 10.0. The molecule has 4 N–H and O–H groups in total. The number of carboxylic acids is 1. The summed E-state index contributed by atoms with van der Waals surface area (Å²) in [6.45, 7) is 0.448. The predicted octanol–water partition coefficient (Wildman–Crippen LogP) is 3.82. The van der Waals surface area contributed by atoms with E-state index in [1.54, 1.807) is 24.7 Å². The Kier molecular flexibility index (Phi) is 6.78. The number of pyridine rings is 2. The molecule has 1 aromatic carbocycles. The fourth-order valence-corrected chi connectivity index (χ4v) is 3.60. The molecule has 0 unspecified atom stereocenters. The first-order valence-electron chi connectivity index (χ1n) is 10.6. The number of H-pyrrole nitrogens is 1. The Bertz CT molecular complexity index is 1600.